The number of halogens is 2. The Hall–Kier alpha value is -0.690. The number of hydrogen-bond acceptors (Lipinski definition) is 3. The van der Waals surface area contributed by atoms with Crippen LogP contribution in [0, 0.1) is 5.82 Å². The Kier molecular flexibility index (Phi) is 4.45. The van der Waals surface area contributed by atoms with E-state index in [1.54, 1.807) is 0 Å². The van der Waals surface area contributed by atoms with Crippen molar-refractivity contribution in [3.63, 3.8) is 0 Å². The quantitative estimate of drug-likeness (QED) is 0.927. The molecule has 2 rings (SSSR count). The summed E-state index contributed by atoms with van der Waals surface area (Å²) >= 11 is 5.79. The fourth-order valence-corrected chi connectivity index (χ4v) is 3.94. The standard InChI is InChI=1S/C12H16ClFN2O2S/c1-16-6-4-10(5-7-16)15-19(17,18)12-3-2-9(14)8-11(12)13/h2-3,8,10,15H,4-7H2,1H3. The molecule has 1 N–H and O–H groups in total. The summed E-state index contributed by atoms with van der Waals surface area (Å²) in [6.45, 7) is 1.70. The third-order valence-electron chi connectivity index (χ3n) is 3.22. The van der Waals surface area contributed by atoms with Gasteiger partial charge in [-0.3, -0.25) is 0 Å². The molecular weight excluding hydrogens is 291 g/mol. The Morgan fingerprint density at radius 3 is 2.58 bits per heavy atom. The Labute approximate surface area is 117 Å². The molecule has 1 saturated heterocycles. The van der Waals surface area contributed by atoms with Gasteiger partial charge < -0.3 is 4.90 Å². The average Bonchev–Trinajstić information content (AvgIpc) is 2.31. The summed E-state index contributed by atoms with van der Waals surface area (Å²) in [6, 6.07) is 3.19. The minimum Gasteiger partial charge on any atom is -0.306 e. The number of piperidine rings is 1. The molecule has 1 aromatic carbocycles. The minimum atomic E-state index is -3.69. The predicted octanol–water partition coefficient (Wildman–Crippen LogP) is 1.85. The molecule has 1 heterocycles. The molecule has 1 fully saturated rings. The van der Waals surface area contributed by atoms with Crippen LogP contribution in [-0.2, 0) is 10.0 Å². The first kappa shape index (κ1) is 14.7. The van der Waals surface area contributed by atoms with Crippen LogP contribution in [0.4, 0.5) is 4.39 Å². The Morgan fingerprint density at radius 1 is 1.37 bits per heavy atom. The van der Waals surface area contributed by atoms with Gasteiger partial charge in [-0.25, -0.2) is 17.5 Å². The van der Waals surface area contributed by atoms with Gasteiger partial charge in [-0.15, -0.1) is 0 Å². The lowest BCUT2D eigenvalue weighted by molar-refractivity contribution is 0.248. The molecule has 1 aliphatic heterocycles. The maximum absolute atomic E-state index is 12.9. The third-order valence-corrected chi connectivity index (χ3v) is 5.23. The van der Waals surface area contributed by atoms with E-state index < -0.39 is 15.8 Å². The van der Waals surface area contributed by atoms with E-state index in [-0.39, 0.29) is 16.0 Å². The third kappa shape index (κ3) is 3.66. The highest BCUT2D eigenvalue weighted by Crippen LogP contribution is 2.23. The smallest absolute Gasteiger partial charge is 0.242 e. The highest BCUT2D eigenvalue weighted by molar-refractivity contribution is 7.89. The highest BCUT2D eigenvalue weighted by Gasteiger charge is 2.25. The van der Waals surface area contributed by atoms with Crippen molar-refractivity contribution in [3.05, 3.63) is 29.0 Å². The van der Waals surface area contributed by atoms with Crippen molar-refractivity contribution in [3.8, 4) is 0 Å². The second-order valence-corrected chi connectivity index (χ2v) is 6.86. The van der Waals surface area contributed by atoms with Gasteiger partial charge in [0.15, 0.2) is 0 Å². The number of likely N-dealkylation sites (tertiary alicyclic amines) is 1. The van der Waals surface area contributed by atoms with Crippen LogP contribution in [0.3, 0.4) is 0 Å². The van der Waals surface area contributed by atoms with Gasteiger partial charge >= 0.3 is 0 Å². The molecule has 7 heteroatoms. The SMILES string of the molecule is CN1CCC(NS(=O)(=O)c2ccc(F)cc2Cl)CC1. The van der Waals surface area contributed by atoms with Gasteiger partial charge in [0.05, 0.1) is 5.02 Å². The lowest BCUT2D eigenvalue weighted by atomic mass is 10.1. The molecule has 0 amide bonds. The zero-order chi connectivity index (χ0) is 14.0. The first-order chi connectivity index (χ1) is 8.88. The normalized spacial score (nSPS) is 18.7. The maximum atomic E-state index is 12.9. The largest absolute Gasteiger partial charge is 0.306 e. The van der Waals surface area contributed by atoms with Crippen molar-refractivity contribution >= 4 is 21.6 Å². The highest BCUT2D eigenvalue weighted by atomic mass is 35.5. The second kappa shape index (κ2) is 5.75. The zero-order valence-electron chi connectivity index (χ0n) is 10.6. The van der Waals surface area contributed by atoms with E-state index in [2.05, 4.69) is 9.62 Å². The molecule has 1 aromatic rings. The van der Waals surface area contributed by atoms with Gasteiger partial charge in [-0.1, -0.05) is 11.6 Å². The summed E-state index contributed by atoms with van der Waals surface area (Å²) in [7, 11) is -1.69. The van der Waals surface area contributed by atoms with Crippen molar-refractivity contribution in [2.45, 2.75) is 23.8 Å². The minimum absolute atomic E-state index is 0.0745. The van der Waals surface area contributed by atoms with E-state index >= 15 is 0 Å². The van der Waals surface area contributed by atoms with Crippen molar-refractivity contribution in [2.24, 2.45) is 0 Å². The molecule has 1 aliphatic rings. The van der Waals surface area contributed by atoms with Crippen LogP contribution in [0.25, 0.3) is 0 Å². The van der Waals surface area contributed by atoms with Gasteiger partial charge in [0.25, 0.3) is 0 Å². The summed E-state index contributed by atoms with van der Waals surface area (Å²) in [5, 5.41) is -0.0968. The van der Waals surface area contributed by atoms with Gasteiger partial charge in [-0.2, -0.15) is 0 Å². The molecule has 0 radical (unpaired) electrons. The molecular formula is C12H16ClFN2O2S. The Bertz CT molecular complexity index is 557. The lowest BCUT2D eigenvalue weighted by Crippen LogP contribution is -2.43. The van der Waals surface area contributed by atoms with Crippen LogP contribution >= 0.6 is 11.6 Å². The molecule has 0 aromatic heterocycles. The number of nitrogens with one attached hydrogen (secondary N) is 1. The second-order valence-electron chi connectivity index (χ2n) is 4.77. The van der Waals surface area contributed by atoms with Crippen LogP contribution in [0.5, 0.6) is 0 Å². The van der Waals surface area contributed by atoms with Crippen LogP contribution < -0.4 is 4.72 Å². The molecule has 0 unspecified atom stereocenters. The van der Waals surface area contributed by atoms with Gasteiger partial charge in [0, 0.05) is 6.04 Å². The van der Waals surface area contributed by atoms with Gasteiger partial charge in [0.1, 0.15) is 10.7 Å². The van der Waals surface area contributed by atoms with E-state index in [1.807, 2.05) is 7.05 Å². The zero-order valence-corrected chi connectivity index (χ0v) is 12.1. The fourth-order valence-electron chi connectivity index (χ4n) is 2.10. The van der Waals surface area contributed by atoms with Gasteiger partial charge in [-0.05, 0) is 51.2 Å². The van der Waals surface area contributed by atoms with Crippen LogP contribution in [-0.4, -0.2) is 39.5 Å². The lowest BCUT2D eigenvalue weighted by Gasteiger charge is -2.29. The molecule has 19 heavy (non-hydrogen) atoms. The first-order valence-electron chi connectivity index (χ1n) is 6.04. The maximum Gasteiger partial charge on any atom is 0.242 e. The van der Waals surface area contributed by atoms with Crippen molar-refractivity contribution < 1.29 is 12.8 Å². The molecule has 0 bridgehead atoms. The molecule has 0 aliphatic carbocycles. The molecule has 0 spiro atoms. The van der Waals surface area contributed by atoms with E-state index in [1.165, 1.54) is 6.07 Å². The molecule has 0 saturated carbocycles. The molecule has 0 atom stereocenters. The number of sulfonamides is 1. The summed E-state index contributed by atoms with van der Waals surface area (Å²) in [5.74, 6) is -0.553. The van der Waals surface area contributed by atoms with E-state index in [0.717, 1.165) is 38.1 Å². The summed E-state index contributed by atoms with van der Waals surface area (Å²) in [6.07, 6.45) is 1.52. The Balaban J connectivity index is 2.14. The topological polar surface area (TPSA) is 49.4 Å². The van der Waals surface area contributed by atoms with Crippen LogP contribution in [0.1, 0.15) is 12.8 Å². The number of rotatable bonds is 3. The number of nitrogens with zero attached hydrogens (tertiary/aromatic N) is 1. The summed E-state index contributed by atoms with van der Waals surface area (Å²) in [5.41, 5.74) is 0. The average molecular weight is 307 g/mol. The summed E-state index contributed by atoms with van der Waals surface area (Å²) in [4.78, 5) is 2.07. The number of hydrogen-bond donors (Lipinski definition) is 1. The van der Waals surface area contributed by atoms with Crippen LogP contribution in [0.15, 0.2) is 23.1 Å². The van der Waals surface area contributed by atoms with Crippen LogP contribution in [0.2, 0.25) is 5.02 Å². The van der Waals surface area contributed by atoms with E-state index in [9.17, 15) is 12.8 Å². The van der Waals surface area contributed by atoms with E-state index in [4.69, 9.17) is 11.6 Å². The molecule has 4 nitrogen and oxygen atoms in total. The number of benzene rings is 1. The Morgan fingerprint density at radius 2 is 2.00 bits per heavy atom. The van der Waals surface area contributed by atoms with Crippen molar-refractivity contribution in [2.75, 3.05) is 20.1 Å². The predicted molar refractivity (Wildman–Crippen MR) is 72.3 cm³/mol. The summed E-state index contributed by atoms with van der Waals surface area (Å²) < 4.78 is 39.9. The van der Waals surface area contributed by atoms with E-state index in [0.29, 0.717) is 0 Å². The van der Waals surface area contributed by atoms with Crippen molar-refractivity contribution in [1.82, 2.24) is 9.62 Å². The van der Waals surface area contributed by atoms with Gasteiger partial charge in [0.2, 0.25) is 10.0 Å². The first-order valence-corrected chi connectivity index (χ1v) is 7.90. The fraction of sp³-hybridized carbons (Fsp3) is 0.500. The monoisotopic (exact) mass is 306 g/mol. The molecule has 106 valence electrons. The van der Waals surface area contributed by atoms with Crippen molar-refractivity contribution in [1.29, 1.82) is 0 Å².